The molecule has 0 spiro atoms. The van der Waals surface area contributed by atoms with Crippen LogP contribution < -0.4 is 4.90 Å². The highest BCUT2D eigenvalue weighted by Gasteiger charge is 2.40. The van der Waals surface area contributed by atoms with Crippen molar-refractivity contribution in [3.05, 3.63) is 27.8 Å². The number of benzene rings is 1. The Balaban J connectivity index is 2.28. The van der Waals surface area contributed by atoms with Crippen LogP contribution in [0.1, 0.15) is 26.7 Å². The molecule has 1 aromatic rings. The molecule has 108 valence electrons. The number of amides is 1. The van der Waals surface area contributed by atoms with Gasteiger partial charge in [-0.2, -0.15) is 0 Å². The van der Waals surface area contributed by atoms with E-state index in [9.17, 15) is 9.59 Å². The molecule has 1 aliphatic rings. The summed E-state index contributed by atoms with van der Waals surface area (Å²) in [6, 6.07) is 7.78. The lowest BCUT2D eigenvalue weighted by Crippen LogP contribution is -2.48. The van der Waals surface area contributed by atoms with E-state index in [0.717, 1.165) is 15.7 Å². The molecule has 5 heteroatoms. The second-order valence-corrected chi connectivity index (χ2v) is 8.62. The number of nitrogens with zero attached hydrogens (tertiary/aromatic N) is 1. The van der Waals surface area contributed by atoms with Gasteiger partial charge in [-0.1, -0.05) is 28.1 Å². The lowest BCUT2D eigenvalue weighted by molar-refractivity contribution is -0.134. The zero-order valence-electron chi connectivity index (χ0n) is 11.5. The molecule has 0 bridgehead atoms. The molecule has 1 aliphatic heterocycles. The second-order valence-electron chi connectivity index (χ2n) is 5.47. The Morgan fingerprint density at radius 3 is 2.65 bits per heavy atom. The molecule has 1 amide bonds. The molecule has 0 aliphatic carbocycles. The van der Waals surface area contributed by atoms with Crippen LogP contribution in [0.4, 0.5) is 5.69 Å². The van der Waals surface area contributed by atoms with E-state index in [2.05, 4.69) is 38.5 Å². The first-order valence-corrected chi connectivity index (χ1v) is 8.48. The monoisotopic (exact) mass is 449 g/mol. The van der Waals surface area contributed by atoms with E-state index in [1.807, 2.05) is 24.3 Å². The summed E-state index contributed by atoms with van der Waals surface area (Å²) >= 11 is 5.60. The van der Waals surface area contributed by atoms with Crippen LogP contribution >= 0.6 is 38.5 Å². The SMILES string of the molecule is CC(C)(Br)C(=O)[C@H]1CCCN(c2ccccc2I)C1=O. The first-order valence-electron chi connectivity index (χ1n) is 6.61. The number of halogens is 2. The summed E-state index contributed by atoms with van der Waals surface area (Å²) in [7, 11) is 0. The topological polar surface area (TPSA) is 37.4 Å². The maximum absolute atomic E-state index is 12.6. The molecule has 0 unspecified atom stereocenters. The molecular weight excluding hydrogens is 433 g/mol. The molecule has 2 rings (SSSR count). The molecule has 1 aromatic carbocycles. The summed E-state index contributed by atoms with van der Waals surface area (Å²) in [5.41, 5.74) is 0.906. The Morgan fingerprint density at radius 1 is 1.40 bits per heavy atom. The van der Waals surface area contributed by atoms with Gasteiger partial charge in [0.2, 0.25) is 5.91 Å². The number of Topliss-reactive ketones (excluding diaryl/α,β-unsaturated/α-hetero) is 1. The molecule has 20 heavy (non-hydrogen) atoms. The van der Waals surface area contributed by atoms with Crippen LogP contribution in [-0.2, 0) is 9.59 Å². The van der Waals surface area contributed by atoms with Crippen molar-refractivity contribution in [1.29, 1.82) is 0 Å². The highest BCUT2D eigenvalue weighted by Crippen LogP contribution is 2.32. The fraction of sp³-hybridized carbons (Fsp3) is 0.467. The van der Waals surface area contributed by atoms with Crippen LogP contribution in [0.3, 0.4) is 0 Å². The van der Waals surface area contributed by atoms with Gasteiger partial charge in [-0.25, -0.2) is 0 Å². The molecule has 0 saturated carbocycles. The van der Waals surface area contributed by atoms with Gasteiger partial charge in [0.05, 0.1) is 15.9 Å². The number of hydrogen-bond donors (Lipinski definition) is 0. The number of hydrogen-bond acceptors (Lipinski definition) is 2. The van der Waals surface area contributed by atoms with Crippen molar-refractivity contribution in [3.8, 4) is 0 Å². The lowest BCUT2D eigenvalue weighted by Gasteiger charge is -2.34. The zero-order chi connectivity index (χ0) is 14.9. The van der Waals surface area contributed by atoms with Crippen LogP contribution in [0, 0.1) is 9.49 Å². The third-order valence-corrected chi connectivity index (χ3v) is 4.79. The number of ketones is 1. The van der Waals surface area contributed by atoms with E-state index in [1.165, 1.54) is 0 Å². The molecule has 1 saturated heterocycles. The number of alkyl halides is 1. The Kier molecular flexibility index (Phi) is 4.89. The highest BCUT2D eigenvalue weighted by atomic mass is 127. The van der Waals surface area contributed by atoms with Gasteiger partial charge in [-0.05, 0) is 61.4 Å². The predicted molar refractivity (Wildman–Crippen MR) is 92.2 cm³/mol. The Hall–Kier alpha value is -0.430. The average Bonchev–Trinajstić information content (AvgIpc) is 2.38. The van der Waals surface area contributed by atoms with Crippen molar-refractivity contribution in [2.45, 2.75) is 31.0 Å². The van der Waals surface area contributed by atoms with Gasteiger partial charge in [-0.3, -0.25) is 9.59 Å². The Bertz CT molecular complexity index is 539. The van der Waals surface area contributed by atoms with Gasteiger partial charge in [-0.15, -0.1) is 0 Å². The summed E-state index contributed by atoms with van der Waals surface area (Å²) in [4.78, 5) is 26.8. The largest absolute Gasteiger partial charge is 0.311 e. The average molecular weight is 450 g/mol. The number of rotatable bonds is 3. The number of piperidine rings is 1. The van der Waals surface area contributed by atoms with E-state index < -0.39 is 10.2 Å². The zero-order valence-corrected chi connectivity index (χ0v) is 15.3. The first kappa shape index (κ1) is 15.9. The molecule has 3 nitrogen and oxygen atoms in total. The fourth-order valence-corrected chi connectivity index (χ4v) is 3.40. The predicted octanol–water partition coefficient (Wildman–Crippen LogP) is 3.78. The number of para-hydroxylation sites is 1. The normalized spacial score (nSPS) is 20.1. The minimum atomic E-state index is -0.653. The third-order valence-electron chi connectivity index (χ3n) is 3.48. The minimum Gasteiger partial charge on any atom is -0.311 e. The van der Waals surface area contributed by atoms with Gasteiger partial charge in [0.1, 0.15) is 0 Å². The fourth-order valence-electron chi connectivity index (χ4n) is 2.44. The molecule has 0 aromatic heterocycles. The molecular formula is C15H17BrINO2. The van der Waals surface area contributed by atoms with Crippen molar-refractivity contribution >= 4 is 55.9 Å². The smallest absolute Gasteiger partial charge is 0.237 e. The van der Waals surface area contributed by atoms with Crippen LogP contribution in [0.15, 0.2) is 24.3 Å². The van der Waals surface area contributed by atoms with Crippen LogP contribution in [0.5, 0.6) is 0 Å². The van der Waals surface area contributed by atoms with Gasteiger partial charge in [0.15, 0.2) is 5.78 Å². The van der Waals surface area contributed by atoms with E-state index in [-0.39, 0.29) is 11.7 Å². The molecule has 0 N–H and O–H groups in total. The number of carbonyl (C=O) groups is 2. The van der Waals surface area contributed by atoms with Crippen molar-refractivity contribution in [1.82, 2.24) is 0 Å². The third kappa shape index (κ3) is 3.24. The molecule has 1 fully saturated rings. The van der Waals surface area contributed by atoms with E-state index in [0.29, 0.717) is 13.0 Å². The lowest BCUT2D eigenvalue weighted by atomic mass is 9.87. The van der Waals surface area contributed by atoms with Crippen molar-refractivity contribution in [3.63, 3.8) is 0 Å². The van der Waals surface area contributed by atoms with Gasteiger partial charge in [0, 0.05) is 10.1 Å². The first-order chi connectivity index (χ1) is 9.32. The van der Waals surface area contributed by atoms with Crippen molar-refractivity contribution in [2.75, 3.05) is 11.4 Å². The summed E-state index contributed by atoms with van der Waals surface area (Å²) < 4.78 is 0.379. The van der Waals surface area contributed by atoms with E-state index >= 15 is 0 Å². The Morgan fingerprint density at radius 2 is 2.05 bits per heavy atom. The number of anilines is 1. The van der Waals surface area contributed by atoms with Crippen LogP contribution in [-0.4, -0.2) is 22.6 Å². The molecule has 1 atom stereocenters. The maximum atomic E-state index is 12.6. The highest BCUT2D eigenvalue weighted by molar-refractivity contribution is 14.1. The van der Waals surface area contributed by atoms with E-state index in [4.69, 9.17) is 0 Å². The summed E-state index contributed by atoms with van der Waals surface area (Å²) in [5.74, 6) is -0.634. The maximum Gasteiger partial charge on any atom is 0.237 e. The van der Waals surface area contributed by atoms with E-state index in [1.54, 1.807) is 18.7 Å². The molecule has 0 radical (unpaired) electrons. The quantitative estimate of drug-likeness (QED) is 0.400. The van der Waals surface area contributed by atoms with Gasteiger partial charge in [0.25, 0.3) is 0 Å². The Labute approximate surface area is 141 Å². The molecule has 1 heterocycles. The number of carbonyl (C=O) groups excluding carboxylic acids is 2. The van der Waals surface area contributed by atoms with Crippen molar-refractivity contribution < 1.29 is 9.59 Å². The van der Waals surface area contributed by atoms with Crippen molar-refractivity contribution in [2.24, 2.45) is 5.92 Å². The standard InChI is InChI=1S/C15H17BrINO2/c1-15(2,16)13(19)10-6-5-9-18(14(10)20)12-8-4-3-7-11(12)17/h3-4,7-8,10H,5-6,9H2,1-2H3/t10-/m1/s1. The second kappa shape index (κ2) is 6.13. The summed E-state index contributed by atoms with van der Waals surface area (Å²) in [5, 5.41) is 0. The van der Waals surface area contributed by atoms with Gasteiger partial charge >= 0.3 is 0 Å². The minimum absolute atomic E-state index is 0.0295. The summed E-state index contributed by atoms with van der Waals surface area (Å²) in [6.07, 6.45) is 1.50. The van der Waals surface area contributed by atoms with Crippen LogP contribution in [0.25, 0.3) is 0 Å². The summed E-state index contributed by atoms with van der Waals surface area (Å²) in [6.45, 7) is 4.28. The van der Waals surface area contributed by atoms with Gasteiger partial charge < -0.3 is 4.90 Å². The van der Waals surface area contributed by atoms with Crippen LogP contribution in [0.2, 0.25) is 0 Å².